The highest BCUT2D eigenvalue weighted by molar-refractivity contribution is 8.00. The van der Waals surface area contributed by atoms with Gasteiger partial charge in [0.2, 0.25) is 5.91 Å². The molecule has 2 aliphatic carbocycles. The summed E-state index contributed by atoms with van der Waals surface area (Å²) in [7, 11) is 0. The summed E-state index contributed by atoms with van der Waals surface area (Å²) in [4.78, 5) is 17.1. The molecule has 1 aromatic carbocycles. The van der Waals surface area contributed by atoms with Gasteiger partial charge in [-0.1, -0.05) is 24.2 Å². The Morgan fingerprint density at radius 2 is 2.19 bits per heavy atom. The molecule has 1 aromatic heterocycles. The molecule has 2 bridgehead atoms. The third-order valence-electron chi connectivity index (χ3n) is 6.15. The van der Waals surface area contributed by atoms with E-state index >= 15 is 0 Å². The maximum atomic E-state index is 13.5. The number of hydrogen-bond donors (Lipinski definition) is 1. The molecule has 0 aliphatic heterocycles. The van der Waals surface area contributed by atoms with Crippen LogP contribution < -0.4 is 5.32 Å². The Balaban J connectivity index is 1.38. The van der Waals surface area contributed by atoms with Gasteiger partial charge in [0.15, 0.2) is 5.16 Å². The Labute approximate surface area is 163 Å². The number of fused-ring (bicyclic) bond motifs is 2. The largest absolute Gasteiger partial charge is 0.352 e. The van der Waals surface area contributed by atoms with Crippen LogP contribution in [0.2, 0.25) is 0 Å². The number of carbonyl (C=O) groups is 1. The molecule has 2 aliphatic rings. The number of hydrogen-bond acceptors (Lipinski definition) is 3. The first-order valence-electron chi connectivity index (χ1n) is 9.77. The van der Waals surface area contributed by atoms with Gasteiger partial charge in [0.25, 0.3) is 0 Å². The number of benzene rings is 1. The van der Waals surface area contributed by atoms with Crippen molar-refractivity contribution < 1.29 is 9.18 Å². The van der Waals surface area contributed by atoms with Crippen LogP contribution in [0.1, 0.15) is 39.5 Å². The summed E-state index contributed by atoms with van der Waals surface area (Å²) < 4.78 is 15.3. The second-order valence-corrected chi connectivity index (χ2v) is 9.26. The molecule has 0 spiro atoms. The molecule has 144 valence electrons. The molecule has 0 saturated heterocycles. The molecule has 2 aromatic rings. The Morgan fingerprint density at radius 1 is 1.33 bits per heavy atom. The summed E-state index contributed by atoms with van der Waals surface area (Å²) in [6.07, 6.45) is 8.77. The Hall–Kier alpha value is -1.82. The van der Waals surface area contributed by atoms with E-state index in [-0.39, 0.29) is 23.0 Å². The lowest BCUT2D eigenvalue weighted by Crippen LogP contribution is -2.43. The van der Waals surface area contributed by atoms with Crippen LogP contribution in [-0.2, 0) is 4.79 Å². The molecule has 27 heavy (non-hydrogen) atoms. The molecule has 5 atom stereocenters. The van der Waals surface area contributed by atoms with E-state index in [9.17, 15) is 9.18 Å². The van der Waals surface area contributed by atoms with E-state index in [2.05, 4.69) is 17.2 Å². The van der Waals surface area contributed by atoms with Gasteiger partial charge in [-0.15, -0.1) is 0 Å². The van der Waals surface area contributed by atoms with Crippen molar-refractivity contribution in [3.05, 3.63) is 42.5 Å². The molecular formula is C21H26FN3OS. The highest BCUT2D eigenvalue weighted by Gasteiger charge is 2.42. The first-order valence-corrected chi connectivity index (χ1v) is 10.7. The number of rotatable bonds is 6. The van der Waals surface area contributed by atoms with Crippen molar-refractivity contribution >= 4 is 17.7 Å². The summed E-state index contributed by atoms with van der Waals surface area (Å²) in [5.74, 6) is 2.05. The minimum atomic E-state index is -0.289. The number of nitrogens with zero attached hydrogens (tertiary/aromatic N) is 2. The number of carbonyl (C=O) groups excluding carboxylic acids is 1. The third-order valence-corrected chi connectivity index (χ3v) is 7.23. The van der Waals surface area contributed by atoms with Gasteiger partial charge in [-0.05, 0) is 69.1 Å². The first-order chi connectivity index (χ1) is 13.0. The van der Waals surface area contributed by atoms with Crippen LogP contribution in [-0.4, -0.2) is 26.8 Å². The van der Waals surface area contributed by atoms with Gasteiger partial charge >= 0.3 is 0 Å². The summed E-state index contributed by atoms with van der Waals surface area (Å²) in [5, 5.41) is 3.66. The fraction of sp³-hybridized carbons (Fsp3) is 0.524. The predicted molar refractivity (Wildman–Crippen MR) is 105 cm³/mol. The zero-order chi connectivity index (χ0) is 19.0. The summed E-state index contributed by atoms with van der Waals surface area (Å²) in [6.45, 7) is 4.05. The van der Waals surface area contributed by atoms with Gasteiger partial charge < -0.3 is 5.32 Å². The molecule has 6 heteroatoms. The highest BCUT2D eigenvalue weighted by Crippen LogP contribution is 2.49. The summed E-state index contributed by atoms with van der Waals surface area (Å²) in [6, 6.07) is 6.61. The molecule has 2 saturated carbocycles. The quantitative estimate of drug-likeness (QED) is 0.746. The maximum Gasteiger partial charge on any atom is 0.233 e. The zero-order valence-corrected chi connectivity index (χ0v) is 16.6. The molecule has 5 unspecified atom stereocenters. The minimum absolute atomic E-state index is 0.0454. The number of nitrogens with one attached hydrogen (secondary N) is 1. The molecule has 1 N–H and O–H groups in total. The van der Waals surface area contributed by atoms with Gasteiger partial charge in [-0.3, -0.25) is 9.36 Å². The second-order valence-electron chi connectivity index (χ2n) is 7.96. The van der Waals surface area contributed by atoms with Gasteiger partial charge in [0, 0.05) is 18.4 Å². The Kier molecular flexibility index (Phi) is 5.26. The normalized spacial score (nSPS) is 26.1. The van der Waals surface area contributed by atoms with E-state index in [0.29, 0.717) is 16.8 Å². The number of halogens is 1. The Bertz CT molecular complexity index is 823. The first kappa shape index (κ1) is 18.5. The van der Waals surface area contributed by atoms with Crippen LogP contribution in [0.3, 0.4) is 0 Å². The highest BCUT2D eigenvalue weighted by atomic mass is 32.2. The van der Waals surface area contributed by atoms with E-state index in [1.165, 1.54) is 49.6 Å². The van der Waals surface area contributed by atoms with E-state index < -0.39 is 0 Å². The van der Waals surface area contributed by atoms with E-state index in [0.717, 1.165) is 11.8 Å². The van der Waals surface area contributed by atoms with Crippen molar-refractivity contribution in [2.45, 2.75) is 56.0 Å². The van der Waals surface area contributed by atoms with Crippen LogP contribution in [0.15, 0.2) is 41.8 Å². The Morgan fingerprint density at radius 3 is 2.89 bits per heavy atom. The average Bonchev–Trinajstić information content (AvgIpc) is 3.38. The van der Waals surface area contributed by atoms with Crippen molar-refractivity contribution in [1.82, 2.24) is 14.9 Å². The number of imidazole rings is 1. The van der Waals surface area contributed by atoms with E-state index in [4.69, 9.17) is 0 Å². The van der Waals surface area contributed by atoms with E-state index in [1.54, 1.807) is 18.5 Å². The number of thioether (sulfide) groups is 1. The summed E-state index contributed by atoms with van der Waals surface area (Å²) >= 11 is 1.40. The monoisotopic (exact) mass is 387 g/mol. The molecule has 1 heterocycles. The van der Waals surface area contributed by atoms with Gasteiger partial charge in [0.1, 0.15) is 5.82 Å². The molecule has 1 amide bonds. The van der Waals surface area contributed by atoms with Crippen LogP contribution in [0, 0.1) is 23.6 Å². The van der Waals surface area contributed by atoms with Crippen molar-refractivity contribution in [3.63, 3.8) is 0 Å². The van der Waals surface area contributed by atoms with Gasteiger partial charge in [-0.2, -0.15) is 0 Å². The SMILES string of the molecule is CC(Sc1nccn1-c1cccc(F)c1)C(=O)NC(C)C1CC2CCC1C2. The van der Waals surface area contributed by atoms with Crippen molar-refractivity contribution in [2.24, 2.45) is 17.8 Å². The molecule has 2 fully saturated rings. The predicted octanol–water partition coefficient (Wildman–Crippen LogP) is 4.43. The third kappa shape index (κ3) is 3.91. The lowest BCUT2D eigenvalue weighted by atomic mass is 9.84. The van der Waals surface area contributed by atoms with Crippen molar-refractivity contribution in [1.29, 1.82) is 0 Å². The molecule has 4 nitrogen and oxygen atoms in total. The fourth-order valence-corrected chi connectivity index (χ4v) is 5.66. The maximum absolute atomic E-state index is 13.5. The molecule has 4 rings (SSSR count). The van der Waals surface area contributed by atoms with Crippen molar-refractivity contribution in [3.8, 4) is 5.69 Å². The number of amides is 1. The summed E-state index contributed by atoms with van der Waals surface area (Å²) in [5.41, 5.74) is 0.706. The van der Waals surface area contributed by atoms with Gasteiger partial charge in [-0.25, -0.2) is 9.37 Å². The minimum Gasteiger partial charge on any atom is -0.352 e. The van der Waals surface area contributed by atoms with Gasteiger partial charge in [0.05, 0.1) is 10.9 Å². The second kappa shape index (κ2) is 7.66. The standard InChI is InChI=1S/C21H26FN3OS/c1-13(19-11-15-6-7-16(19)10-15)24-20(26)14(2)27-21-23-8-9-25(21)18-5-3-4-17(22)12-18/h3-5,8-9,12-16,19H,6-7,10-11H2,1-2H3,(H,24,26). The van der Waals surface area contributed by atoms with Crippen LogP contribution >= 0.6 is 11.8 Å². The van der Waals surface area contributed by atoms with Crippen molar-refractivity contribution in [2.75, 3.05) is 0 Å². The number of aromatic nitrogens is 2. The molecular weight excluding hydrogens is 361 g/mol. The van der Waals surface area contributed by atoms with Crippen LogP contribution in [0.4, 0.5) is 4.39 Å². The topological polar surface area (TPSA) is 46.9 Å². The van der Waals surface area contributed by atoms with E-state index in [1.807, 2.05) is 17.6 Å². The average molecular weight is 388 g/mol. The van der Waals surface area contributed by atoms with Crippen LogP contribution in [0.5, 0.6) is 0 Å². The fourth-order valence-electron chi connectivity index (χ4n) is 4.77. The van der Waals surface area contributed by atoms with Crippen LogP contribution in [0.25, 0.3) is 5.69 Å². The smallest absolute Gasteiger partial charge is 0.233 e. The zero-order valence-electron chi connectivity index (χ0n) is 15.8. The molecule has 0 radical (unpaired) electrons. The lowest BCUT2D eigenvalue weighted by Gasteiger charge is -2.29. The lowest BCUT2D eigenvalue weighted by molar-refractivity contribution is -0.121.